The van der Waals surface area contributed by atoms with E-state index < -0.39 is 5.97 Å². The number of anilines is 1. The lowest BCUT2D eigenvalue weighted by Gasteiger charge is -2.18. The monoisotopic (exact) mass is 290 g/mol. The molecule has 0 aliphatic heterocycles. The zero-order valence-electron chi connectivity index (χ0n) is 12.0. The Kier molecular flexibility index (Phi) is 4.54. The summed E-state index contributed by atoms with van der Waals surface area (Å²) in [6.45, 7) is 4.57. The molecule has 0 atom stereocenters. The summed E-state index contributed by atoms with van der Waals surface area (Å²) < 4.78 is 0. The zero-order chi connectivity index (χ0) is 15.4. The summed E-state index contributed by atoms with van der Waals surface area (Å²) in [4.78, 5) is 14.3. The van der Waals surface area contributed by atoms with E-state index in [1.807, 2.05) is 38.1 Å². The minimum Gasteiger partial charge on any atom is -0.476 e. The lowest BCUT2D eigenvalue weighted by molar-refractivity contribution is 0.0690. The molecule has 0 spiro atoms. The topological polar surface area (TPSA) is 91.5 Å². The molecule has 7 nitrogen and oxygen atoms in total. The molecule has 2 aromatic rings. The van der Waals surface area contributed by atoms with Crippen LogP contribution in [0, 0.1) is 6.92 Å². The van der Waals surface area contributed by atoms with Crippen molar-refractivity contribution < 1.29 is 15.0 Å². The average molecular weight is 290 g/mol. The molecule has 1 aromatic heterocycles. The zero-order valence-corrected chi connectivity index (χ0v) is 12.0. The van der Waals surface area contributed by atoms with Gasteiger partial charge < -0.3 is 15.1 Å². The summed E-state index contributed by atoms with van der Waals surface area (Å²) in [6.07, 6.45) is 0. The number of hydrogen-bond donors (Lipinski definition) is 2. The van der Waals surface area contributed by atoms with Crippen LogP contribution in [0.1, 0.15) is 23.0 Å². The van der Waals surface area contributed by atoms with Crippen molar-refractivity contribution in [2.75, 3.05) is 24.6 Å². The minimum absolute atomic E-state index is 0.0792. The third-order valence-electron chi connectivity index (χ3n) is 3.08. The van der Waals surface area contributed by atoms with Gasteiger partial charge in [-0.15, -0.1) is 15.0 Å². The first-order valence-corrected chi connectivity index (χ1v) is 6.70. The molecule has 21 heavy (non-hydrogen) atoms. The maximum atomic E-state index is 11.4. The Bertz CT molecular complexity index is 639. The largest absolute Gasteiger partial charge is 0.476 e. The summed E-state index contributed by atoms with van der Waals surface area (Å²) in [5, 5.41) is 26.7. The van der Waals surface area contributed by atoms with Crippen molar-refractivity contribution >= 4 is 11.8 Å². The number of aromatic carboxylic acids is 1. The molecule has 0 fully saturated rings. The molecular formula is C14H18N4O3. The third-order valence-corrected chi connectivity index (χ3v) is 3.08. The van der Waals surface area contributed by atoms with E-state index in [-0.39, 0.29) is 18.1 Å². The maximum absolute atomic E-state index is 11.4. The van der Waals surface area contributed by atoms with Crippen LogP contribution in [0.15, 0.2) is 24.3 Å². The van der Waals surface area contributed by atoms with Crippen molar-refractivity contribution in [2.24, 2.45) is 0 Å². The molecule has 0 saturated carbocycles. The molecule has 0 saturated heterocycles. The van der Waals surface area contributed by atoms with Gasteiger partial charge in [-0.3, -0.25) is 0 Å². The molecule has 0 radical (unpaired) electrons. The molecule has 2 rings (SSSR count). The Morgan fingerprint density at radius 1 is 1.38 bits per heavy atom. The molecule has 0 aliphatic carbocycles. The first-order valence-electron chi connectivity index (χ1n) is 6.70. The highest BCUT2D eigenvalue weighted by atomic mass is 16.4. The van der Waals surface area contributed by atoms with E-state index in [2.05, 4.69) is 10.2 Å². The first-order chi connectivity index (χ1) is 10.1. The van der Waals surface area contributed by atoms with E-state index in [4.69, 9.17) is 5.11 Å². The fraction of sp³-hybridized carbons (Fsp3) is 0.357. The van der Waals surface area contributed by atoms with Crippen LogP contribution in [0.4, 0.5) is 5.82 Å². The number of benzene rings is 1. The van der Waals surface area contributed by atoms with E-state index in [1.165, 1.54) is 4.80 Å². The SMILES string of the molecule is CCN(CCO)c1nn(-c2cccc(C)c2)nc1C(=O)O. The molecule has 0 unspecified atom stereocenters. The Hall–Kier alpha value is -2.41. The lowest BCUT2D eigenvalue weighted by atomic mass is 10.2. The predicted molar refractivity (Wildman–Crippen MR) is 78.0 cm³/mol. The first kappa shape index (κ1) is 15.0. The van der Waals surface area contributed by atoms with Gasteiger partial charge in [0.15, 0.2) is 5.82 Å². The highest BCUT2D eigenvalue weighted by Crippen LogP contribution is 2.18. The van der Waals surface area contributed by atoms with Crippen LogP contribution in [0.5, 0.6) is 0 Å². The van der Waals surface area contributed by atoms with E-state index in [0.29, 0.717) is 18.8 Å². The Labute approximate surface area is 122 Å². The maximum Gasteiger partial charge on any atom is 0.360 e. The number of aliphatic hydroxyl groups excluding tert-OH is 1. The van der Waals surface area contributed by atoms with Crippen LogP contribution in [-0.4, -0.2) is 50.9 Å². The van der Waals surface area contributed by atoms with Crippen LogP contribution in [0.3, 0.4) is 0 Å². The molecule has 7 heteroatoms. The highest BCUT2D eigenvalue weighted by Gasteiger charge is 2.22. The Morgan fingerprint density at radius 3 is 2.71 bits per heavy atom. The van der Waals surface area contributed by atoms with E-state index in [0.717, 1.165) is 5.56 Å². The number of rotatable bonds is 6. The molecule has 1 heterocycles. The summed E-state index contributed by atoms with van der Waals surface area (Å²) in [5.74, 6) is -0.874. The standard InChI is InChI=1S/C14H18N4O3/c1-3-17(7-8-19)13-12(14(20)21)15-18(16-13)11-6-4-5-10(2)9-11/h4-6,9,19H,3,7-8H2,1-2H3,(H,20,21). The number of carboxylic acid groups (broad SMARTS) is 1. The van der Waals surface area contributed by atoms with Crippen LogP contribution in [-0.2, 0) is 0 Å². The van der Waals surface area contributed by atoms with Gasteiger partial charge in [0.1, 0.15) is 0 Å². The minimum atomic E-state index is -1.14. The second-order valence-corrected chi connectivity index (χ2v) is 4.61. The van der Waals surface area contributed by atoms with Crippen molar-refractivity contribution in [3.05, 3.63) is 35.5 Å². The van der Waals surface area contributed by atoms with Crippen LogP contribution in [0.2, 0.25) is 0 Å². The summed E-state index contributed by atoms with van der Waals surface area (Å²) in [5.41, 5.74) is 1.61. The molecule has 0 aliphatic rings. The number of carbonyl (C=O) groups is 1. The van der Waals surface area contributed by atoms with Crippen molar-refractivity contribution in [3.8, 4) is 5.69 Å². The van der Waals surface area contributed by atoms with Crippen LogP contribution < -0.4 is 4.90 Å². The fourth-order valence-corrected chi connectivity index (χ4v) is 2.05. The molecule has 0 bridgehead atoms. The van der Waals surface area contributed by atoms with E-state index in [1.54, 1.807) is 4.90 Å². The molecule has 1 aromatic carbocycles. The fourth-order valence-electron chi connectivity index (χ4n) is 2.05. The predicted octanol–water partition coefficient (Wildman–Crippen LogP) is 1.09. The number of aromatic nitrogens is 3. The highest BCUT2D eigenvalue weighted by molar-refractivity contribution is 5.91. The number of aliphatic hydroxyl groups is 1. The normalized spacial score (nSPS) is 10.6. The van der Waals surface area contributed by atoms with Crippen molar-refractivity contribution in [2.45, 2.75) is 13.8 Å². The van der Waals surface area contributed by atoms with Gasteiger partial charge in [0.2, 0.25) is 5.69 Å². The van der Waals surface area contributed by atoms with Gasteiger partial charge in [-0.25, -0.2) is 4.79 Å². The smallest absolute Gasteiger partial charge is 0.360 e. The van der Waals surface area contributed by atoms with Crippen LogP contribution >= 0.6 is 0 Å². The summed E-state index contributed by atoms with van der Waals surface area (Å²) >= 11 is 0. The summed E-state index contributed by atoms with van der Waals surface area (Å²) in [7, 11) is 0. The molecule has 0 amide bonds. The van der Waals surface area contributed by atoms with Gasteiger partial charge in [-0.05, 0) is 31.5 Å². The van der Waals surface area contributed by atoms with Gasteiger partial charge >= 0.3 is 5.97 Å². The number of carboxylic acids is 1. The average Bonchev–Trinajstić information content (AvgIpc) is 2.90. The van der Waals surface area contributed by atoms with Crippen molar-refractivity contribution in [1.82, 2.24) is 15.0 Å². The van der Waals surface area contributed by atoms with Crippen LogP contribution in [0.25, 0.3) is 5.69 Å². The van der Waals surface area contributed by atoms with Crippen molar-refractivity contribution in [1.29, 1.82) is 0 Å². The van der Waals surface area contributed by atoms with Gasteiger partial charge in [0, 0.05) is 13.1 Å². The van der Waals surface area contributed by atoms with E-state index >= 15 is 0 Å². The third kappa shape index (κ3) is 3.19. The Balaban J connectivity index is 2.48. The number of nitrogens with zero attached hydrogens (tertiary/aromatic N) is 4. The number of likely N-dealkylation sites (N-methyl/N-ethyl adjacent to an activating group) is 1. The quantitative estimate of drug-likeness (QED) is 0.827. The number of hydrogen-bond acceptors (Lipinski definition) is 5. The number of aryl methyl sites for hydroxylation is 1. The Morgan fingerprint density at radius 2 is 2.14 bits per heavy atom. The molecule has 2 N–H and O–H groups in total. The van der Waals surface area contributed by atoms with Gasteiger partial charge in [0.05, 0.1) is 12.3 Å². The second-order valence-electron chi connectivity index (χ2n) is 4.61. The summed E-state index contributed by atoms with van der Waals surface area (Å²) in [6, 6.07) is 7.48. The van der Waals surface area contributed by atoms with Gasteiger partial charge in [-0.2, -0.15) is 0 Å². The van der Waals surface area contributed by atoms with E-state index in [9.17, 15) is 9.90 Å². The molecular weight excluding hydrogens is 272 g/mol. The van der Waals surface area contributed by atoms with Gasteiger partial charge in [-0.1, -0.05) is 12.1 Å². The molecule has 112 valence electrons. The lowest BCUT2D eigenvalue weighted by Crippen LogP contribution is -2.28. The second kappa shape index (κ2) is 6.36. The van der Waals surface area contributed by atoms with Crippen molar-refractivity contribution in [3.63, 3.8) is 0 Å². The van der Waals surface area contributed by atoms with Gasteiger partial charge in [0.25, 0.3) is 0 Å².